The number of carbonyl (C=O) groups excluding carboxylic acids is 1. The van der Waals surface area contributed by atoms with E-state index in [1.807, 2.05) is 56.8 Å². The third kappa shape index (κ3) is 5.41. The van der Waals surface area contributed by atoms with Gasteiger partial charge in [-0.1, -0.05) is 11.6 Å². The van der Waals surface area contributed by atoms with Crippen molar-refractivity contribution in [2.45, 2.75) is 32.9 Å². The summed E-state index contributed by atoms with van der Waals surface area (Å²) in [5.41, 5.74) is 3.93. The minimum absolute atomic E-state index is 0.178. The van der Waals surface area contributed by atoms with Crippen molar-refractivity contribution in [2.75, 3.05) is 32.7 Å². The second-order valence-electron chi connectivity index (χ2n) is 9.78. The maximum atomic E-state index is 12.1. The van der Waals surface area contributed by atoms with Crippen molar-refractivity contribution in [3.8, 4) is 17.3 Å². The van der Waals surface area contributed by atoms with Gasteiger partial charge in [-0.2, -0.15) is 5.26 Å². The number of hydrogen-bond acceptors (Lipinski definition) is 6. The summed E-state index contributed by atoms with van der Waals surface area (Å²) in [6.45, 7) is 10.1. The number of aryl methyl sites for hydroxylation is 1. The summed E-state index contributed by atoms with van der Waals surface area (Å²) in [4.78, 5) is 21.1. The third-order valence-corrected chi connectivity index (χ3v) is 6.22. The van der Waals surface area contributed by atoms with Gasteiger partial charge in [-0.05, 0) is 50.6 Å². The lowest BCUT2D eigenvalue weighted by atomic mass is 10.1. The van der Waals surface area contributed by atoms with Crippen LogP contribution in [0.3, 0.4) is 0 Å². The van der Waals surface area contributed by atoms with Crippen LogP contribution < -0.4 is 0 Å². The lowest BCUT2D eigenvalue weighted by Gasteiger charge is -2.34. The van der Waals surface area contributed by atoms with E-state index in [-0.39, 0.29) is 5.97 Å². The Morgan fingerprint density at radius 3 is 2.53 bits per heavy atom. The molecule has 0 aliphatic carbocycles. The zero-order valence-corrected chi connectivity index (χ0v) is 20.9. The maximum Gasteiger partial charge on any atom is 0.320 e. The lowest BCUT2D eigenvalue weighted by Crippen LogP contribution is -2.48. The van der Waals surface area contributed by atoms with E-state index in [4.69, 9.17) is 16.3 Å². The molecule has 0 atom stereocenters. The molecule has 0 saturated carbocycles. The predicted molar refractivity (Wildman–Crippen MR) is 133 cm³/mol. The number of halogens is 1. The SMILES string of the molecule is Cn1c(-c2cncc(CN3CCN(CC(=O)OC(C)(C)C)CC3)c2)c(C#N)c2ccc(Cl)cc21. The number of rotatable bonds is 5. The van der Waals surface area contributed by atoms with Crippen LogP contribution in [0.1, 0.15) is 31.9 Å². The first kappa shape index (κ1) is 24.2. The summed E-state index contributed by atoms with van der Waals surface area (Å²) in [7, 11) is 1.95. The molecule has 3 aromatic rings. The number of fused-ring (bicyclic) bond motifs is 1. The van der Waals surface area contributed by atoms with Gasteiger partial charge in [0.05, 0.1) is 23.3 Å². The van der Waals surface area contributed by atoms with Gasteiger partial charge in [-0.15, -0.1) is 0 Å². The molecule has 0 N–H and O–H groups in total. The van der Waals surface area contributed by atoms with Crippen LogP contribution in [-0.4, -0.2) is 63.6 Å². The molecule has 178 valence electrons. The molecule has 0 amide bonds. The molecular weight excluding hydrogens is 450 g/mol. The van der Waals surface area contributed by atoms with Crippen LogP contribution in [0.2, 0.25) is 5.02 Å². The highest BCUT2D eigenvalue weighted by Crippen LogP contribution is 2.34. The van der Waals surface area contributed by atoms with E-state index in [0.29, 0.717) is 17.1 Å². The van der Waals surface area contributed by atoms with E-state index in [0.717, 1.165) is 60.4 Å². The number of nitrogens with zero attached hydrogens (tertiary/aromatic N) is 5. The maximum absolute atomic E-state index is 12.1. The topological polar surface area (TPSA) is 74.4 Å². The molecule has 1 aliphatic heterocycles. The quantitative estimate of drug-likeness (QED) is 0.510. The van der Waals surface area contributed by atoms with E-state index in [9.17, 15) is 10.1 Å². The van der Waals surface area contributed by atoms with Gasteiger partial charge in [0.2, 0.25) is 0 Å². The number of esters is 1. The van der Waals surface area contributed by atoms with Crippen molar-refractivity contribution in [3.05, 3.63) is 52.8 Å². The zero-order valence-electron chi connectivity index (χ0n) is 20.1. The smallest absolute Gasteiger partial charge is 0.320 e. The monoisotopic (exact) mass is 479 g/mol. The molecule has 3 heterocycles. The highest BCUT2D eigenvalue weighted by molar-refractivity contribution is 6.31. The summed E-state index contributed by atoms with van der Waals surface area (Å²) < 4.78 is 7.45. The summed E-state index contributed by atoms with van der Waals surface area (Å²) in [6, 6.07) is 10.1. The molecule has 0 radical (unpaired) electrons. The second kappa shape index (κ2) is 9.75. The van der Waals surface area contributed by atoms with Gasteiger partial charge in [0.15, 0.2) is 0 Å². The Morgan fingerprint density at radius 1 is 1.15 bits per heavy atom. The molecule has 2 aromatic heterocycles. The highest BCUT2D eigenvalue weighted by atomic mass is 35.5. The molecule has 1 aliphatic rings. The molecule has 8 heteroatoms. The molecule has 34 heavy (non-hydrogen) atoms. The highest BCUT2D eigenvalue weighted by Gasteiger charge is 2.23. The normalized spacial score (nSPS) is 15.4. The number of piperazine rings is 1. The average molecular weight is 480 g/mol. The fraction of sp³-hybridized carbons (Fsp3) is 0.423. The van der Waals surface area contributed by atoms with E-state index in [1.54, 1.807) is 6.20 Å². The second-order valence-corrected chi connectivity index (χ2v) is 10.2. The number of nitriles is 1. The van der Waals surface area contributed by atoms with E-state index >= 15 is 0 Å². The molecule has 1 saturated heterocycles. The van der Waals surface area contributed by atoms with Crippen molar-refractivity contribution >= 4 is 28.5 Å². The fourth-order valence-electron chi connectivity index (χ4n) is 4.48. The van der Waals surface area contributed by atoms with Crippen molar-refractivity contribution in [1.82, 2.24) is 19.4 Å². The Kier molecular flexibility index (Phi) is 6.94. The van der Waals surface area contributed by atoms with Crippen LogP contribution in [0, 0.1) is 11.3 Å². The van der Waals surface area contributed by atoms with E-state index in [2.05, 4.69) is 26.9 Å². The van der Waals surface area contributed by atoms with Crippen LogP contribution in [-0.2, 0) is 23.1 Å². The lowest BCUT2D eigenvalue weighted by molar-refractivity contribution is -0.156. The first-order valence-corrected chi connectivity index (χ1v) is 11.8. The molecule has 0 unspecified atom stereocenters. The standard InChI is InChI=1S/C26H30ClN5O2/c1-26(2,3)34-24(33)17-32-9-7-31(8-10-32)16-18-11-19(15-29-14-18)25-22(13-28)21-6-5-20(27)12-23(21)30(25)4/h5-6,11-12,14-15H,7-10,16-17H2,1-4H3. The molecule has 1 aromatic carbocycles. The fourth-order valence-corrected chi connectivity index (χ4v) is 4.65. The minimum Gasteiger partial charge on any atom is -0.459 e. The number of ether oxygens (including phenoxy) is 1. The largest absolute Gasteiger partial charge is 0.459 e. The van der Waals surface area contributed by atoms with Gasteiger partial charge in [0.25, 0.3) is 0 Å². The van der Waals surface area contributed by atoms with Gasteiger partial charge in [-0.3, -0.25) is 19.6 Å². The average Bonchev–Trinajstić information content (AvgIpc) is 3.05. The van der Waals surface area contributed by atoms with Gasteiger partial charge >= 0.3 is 5.97 Å². The number of aromatic nitrogens is 2. The van der Waals surface area contributed by atoms with Crippen molar-refractivity contribution in [2.24, 2.45) is 7.05 Å². The summed E-state index contributed by atoms with van der Waals surface area (Å²) in [6.07, 6.45) is 3.68. The number of carbonyl (C=O) groups is 1. The van der Waals surface area contributed by atoms with E-state index in [1.165, 1.54) is 0 Å². The van der Waals surface area contributed by atoms with Crippen LogP contribution in [0.25, 0.3) is 22.2 Å². The third-order valence-electron chi connectivity index (χ3n) is 5.99. The van der Waals surface area contributed by atoms with Crippen LogP contribution in [0.15, 0.2) is 36.7 Å². The summed E-state index contributed by atoms with van der Waals surface area (Å²) in [5.74, 6) is -0.178. The molecule has 0 bridgehead atoms. The minimum atomic E-state index is -0.460. The summed E-state index contributed by atoms with van der Waals surface area (Å²) in [5, 5.41) is 11.4. The Labute approximate surface area is 205 Å². The Morgan fingerprint density at radius 2 is 1.85 bits per heavy atom. The van der Waals surface area contributed by atoms with E-state index < -0.39 is 5.60 Å². The first-order chi connectivity index (χ1) is 16.1. The Bertz CT molecular complexity index is 1250. The molecule has 1 fully saturated rings. The molecular formula is C26H30ClN5O2. The molecule has 0 spiro atoms. The van der Waals surface area contributed by atoms with Crippen LogP contribution in [0.4, 0.5) is 0 Å². The molecule has 7 nitrogen and oxygen atoms in total. The number of hydrogen-bond donors (Lipinski definition) is 0. The zero-order chi connectivity index (χ0) is 24.5. The van der Waals surface area contributed by atoms with Gasteiger partial charge in [-0.25, -0.2) is 0 Å². The van der Waals surface area contributed by atoms with Crippen LogP contribution in [0.5, 0.6) is 0 Å². The van der Waals surface area contributed by atoms with Gasteiger partial charge in [0, 0.05) is 68.1 Å². The summed E-state index contributed by atoms with van der Waals surface area (Å²) >= 11 is 6.20. The first-order valence-electron chi connectivity index (χ1n) is 11.4. The Hall–Kier alpha value is -2.92. The van der Waals surface area contributed by atoms with Crippen molar-refractivity contribution in [3.63, 3.8) is 0 Å². The van der Waals surface area contributed by atoms with Gasteiger partial charge < -0.3 is 9.30 Å². The molecule has 4 rings (SSSR count). The van der Waals surface area contributed by atoms with Gasteiger partial charge in [0.1, 0.15) is 11.7 Å². The Balaban J connectivity index is 1.45. The van der Waals surface area contributed by atoms with Crippen molar-refractivity contribution in [1.29, 1.82) is 5.26 Å². The number of pyridine rings is 1. The predicted octanol–water partition coefficient (Wildman–Crippen LogP) is 4.22. The number of benzene rings is 1. The van der Waals surface area contributed by atoms with Crippen molar-refractivity contribution < 1.29 is 9.53 Å². The van der Waals surface area contributed by atoms with Crippen LogP contribution >= 0.6 is 11.6 Å².